The first kappa shape index (κ1) is 32.2. The Morgan fingerprint density at radius 2 is 1.71 bits per heavy atom. The normalized spacial score (nSPS) is 41.4. The Kier molecular flexibility index (Phi) is 7.93. The van der Waals surface area contributed by atoms with Crippen LogP contribution in [0.3, 0.4) is 0 Å². The number of benzene rings is 1. The third-order valence-corrected chi connectivity index (χ3v) is 14.8. The monoisotopic (exact) mass is 652 g/mol. The number of para-hydroxylation sites is 1. The number of hydrogen-bond donors (Lipinski definition) is 2. The maximum absolute atomic E-state index is 13.9. The van der Waals surface area contributed by atoms with Crippen molar-refractivity contribution in [3.8, 4) is 12.3 Å². The standard InChI is InChI=1S/C40H52N4O4/c1-4-40(48)18-16-30-28-13-12-27-24-35(45)34(25-38(27,2)29(28)15-17-39(30,40)3)42-20-22-43(23-21-42)37(47)33-10-7-19-44(33)36(46)32-14-11-26-8-5-6-9-31(26)41-32/h1,5-6,8-9,11,14,27-30,33-35,45,48H,7,10,12-13,15-25H2,2-3H3/t27-,28+,29-,30-,33-,34-,35-,38-,39-,40-/m0/s1. The van der Waals surface area contributed by atoms with Crippen molar-refractivity contribution in [1.29, 1.82) is 0 Å². The Labute approximate surface area is 285 Å². The van der Waals surface area contributed by atoms with E-state index in [0.717, 1.165) is 68.9 Å². The van der Waals surface area contributed by atoms with Gasteiger partial charge in [-0.3, -0.25) is 14.5 Å². The van der Waals surface area contributed by atoms with Crippen LogP contribution in [0.2, 0.25) is 0 Å². The number of aromatic nitrogens is 1. The summed E-state index contributed by atoms with van der Waals surface area (Å²) < 4.78 is 0. The highest BCUT2D eigenvalue weighted by Crippen LogP contribution is 2.68. The molecule has 8 heteroatoms. The van der Waals surface area contributed by atoms with Crippen LogP contribution in [0.15, 0.2) is 36.4 Å². The summed E-state index contributed by atoms with van der Waals surface area (Å²) in [5.41, 5.74) is 0.141. The van der Waals surface area contributed by atoms with E-state index in [1.54, 1.807) is 11.0 Å². The molecular weight excluding hydrogens is 600 g/mol. The number of hydrogen-bond acceptors (Lipinski definition) is 6. The van der Waals surface area contributed by atoms with E-state index in [4.69, 9.17) is 6.42 Å². The lowest BCUT2D eigenvalue weighted by Gasteiger charge is -2.63. The van der Waals surface area contributed by atoms with Gasteiger partial charge in [-0.2, -0.15) is 0 Å². The van der Waals surface area contributed by atoms with E-state index in [-0.39, 0.29) is 34.8 Å². The van der Waals surface area contributed by atoms with Crippen LogP contribution < -0.4 is 0 Å². The molecule has 10 atom stereocenters. The van der Waals surface area contributed by atoms with Gasteiger partial charge in [-0.1, -0.05) is 44.0 Å². The molecular formula is C40H52N4O4. The summed E-state index contributed by atoms with van der Waals surface area (Å²) in [5.74, 6) is 4.85. The first-order chi connectivity index (χ1) is 23.1. The van der Waals surface area contributed by atoms with Gasteiger partial charge in [-0.25, -0.2) is 4.98 Å². The second-order valence-corrected chi connectivity index (χ2v) is 16.6. The SMILES string of the molecule is C#C[C@]1(O)CC[C@H]2[C@@H]3CC[C@H]4C[C@H](O)[C@@H](N5CCN(C(=O)[C@@H]6CCCN6C(=O)c6ccc7ccccc7n6)CC5)C[C@]4(C)[C@H]3CC[C@@]21C. The summed E-state index contributed by atoms with van der Waals surface area (Å²) >= 11 is 0. The van der Waals surface area contributed by atoms with Crippen LogP contribution in [-0.4, -0.2) is 98.2 Å². The number of amides is 2. The number of piperazine rings is 1. The van der Waals surface area contributed by atoms with Gasteiger partial charge in [-0.05, 0) is 105 Å². The van der Waals surface area contributed by atoms with Gasteiger partial charge in [0, 0.05) is 49.6 Å². The van der Waals surface area contributed by atoms with E-state index in [9.17, 15) is 19.8 Å². The van der Waals surface area contributed by atoms with Crippen molar-refractivity contribution in [2.75, 3.05) is 32.7 Å². The summed E-state index contributed by atoms with van der Waals surface area (Å²) in [4.78, 5) is 38.2. The summed E-state index contributed by atoms with van der Waals surface area (Å²) in [5, 5.41) is 24.0. The number of pyridine rings is 1. The number of nitrogens with zero attached hydrogens (tertiary/aromatic N) is 4. The summed E-state index contributed by atoms with van der Waals surface area (Å²) in [6, 6.07) is 11.1. The highest BCUT2D eigenvalue weighted by Gasteiger charge is 2.65. The van der Waals surface area contributed by atoms with Gasteiger partial charge in [-0.15, -0.1) is 6.42 Å². The number of terminal acetylenes is 1. The van der Waals surface area contributed by atoms with E-state index in [0.29, 0.717) is 61.8 Å². The average Bonchev–Trinajstić information content (AvgIpc) is 3.70. The third-order valence-electron chi connectivity index (χ3n) is 14.8. The zero-order chi connectivity index (χ0) is 33.4. The van der Waals surface area contributed by atoms with Crippen molar-refractivity contribution in [1.82, 2.24) is 19.7 Å². The van der Waals surface area contributed by atoms with E-state index in [2.05, 4.69) is 29.7 Å². The third kappa shape index (κ3) is 4.86. The number of fused-ring (bicyclic) bond motifs is 6. The van der Waals surface area contributed by atoms with Crippen molar-refractivity contribution in [2.24, 2.45) is 34.5 Å². The van der Waals surface area contributed by atoms with E-state index in [1.165, 1.54) is 6.42 Å². The maximum atomic E-state index is 13.9. The van der Waals surface area contributed by atoms with E-state index in [1.807, 2.05) is 35.2 Å². The highest BCUT2D eigenvalue weighted by molar-refractivity contribution is 5.98. The minimum atomic E-state index is -0.987. The second-order valence-electron chi connectivity index (χ2n) is 16.6. The van der Waals surface area contributed by atoms with Crippen LogP contribution >= 0.6 is 0 Å². The molecule has 1 aromatic carbocycles. The lowest BCUT2D eigenvalue weighted by molar-refractivity contribution is -0.163. The zero-order valence-corrected chi connectivity index (χ0v) is 28.7. The fraction of sp³-hybridized carbons (Fsp3) is 0.675. The summed E-state index contributed by atoms with van der Waals surface area (Å²) in [7, 11) is 0. The molecule has 2 aromatic rings. The van der Waals surface area contributed by atoms with E-state index >= 15 is 0 Å². The van der Waals surface area contributed by atoms with Crippen LogP contribution in [0, 0.1) is 46.8 Å². The molecule has 4 aliphatic carbocycles. The number of rotatable bonds is 3. The van der Waals surface area contributed by atoms with Gasteiger partial charge >= 0.3 is 0 Å². The largest absolute Gasteiger partial charge is 0.391 e. The summed E-state index contributed by atoms with van der Waals surface area (Å²) in [6.07, 6.45) is 15.0. The van der Waals surface area contributed by atoms with E-state index < -0.39 is 11.6 Å². The van der Waals surface area contributed by atoms with Crippen LogP contribution in [0.25, 0.3) is 10.9 Å². The van der Waals surface area contributed by atoms with Crippen LogP contribution in [-0.2, 0) is 4.79 Å². The molecule has 4 saturated carbocycles. The smallest absolute Gasteiger partial charge is 0.273 e. The van der Waals surface area contributed by atoms with Gasteiger partial charge in [0.2, 0.25) is 5.91 Å². The first-order valence-electron chi connectivity index (χ1n) is 18.6. The number of carbonyl (C=O) groups is 2. The Morgan fingerprint density at radius 1 is 0.938 bits per heavy atom. The molecule has 2 amide bonds. The Hall–Kier alpha value is -2.99. The lowest BCUT2D eigenvalue weighted by Crippen LogP contribution is -2.63. The minimum Gasteiger partial charge on any atom is -0.391 e. The van der Waals surface area contributed by atoms with Crippen molar-refractivity contribution >= 4 is 22.7 Å². The van der Waals surface area contributed by atoms with Gasteiger partial charge in [0.1, 0.15) is 17.3 Å². The number of carbonyl (C=O) groups excluding carboxylic acids is 2. The molecule has 0 radical (unpaired) electrons. The first-order valence-corrected chi connectivity index (χ1v) is 18.6. The van der Waals surface area contributed by atoms with Gasteiger partial charge in [0.25, 0.3) is 5.91 Å². The minimum absolute atomic E-state index is 0.0429. The molecule has 0 bridgehead atoms. The van der Waals surface area contributed by atoms with Gasteiger partial charge in [0.15, 0.2) is 0 Å². The molecule has 1 aromatic heterocycles. The number of aliphatic hydroxyl groups excluding tert-OH is 1. The van der Waals surface area contributed by atoms with Crippen LogP contribution in [0.4, 0.5) is 0 Å². The van der Waals surface area contributed by atoms with Crippen LogP contribution in [0.5, 0.6) is 0 Å². The molecule has 0 spiro atoms. The summed E-state index contributed by atoms with van der Waals surface area (Å²) in [6.45, 7) is 8.05. The fourth-order valence-electron chi connectivity index (χ4n) is 12.0. The second kappa shape index (κ2) is 11.8. The Bertz CT molecular complexity index is 1630. The molecule has 48 heavy (non-hydrogen) atoms. The number of aliphatic hydroxyl groups is 2. The molecule has 2 N–H and O–H groups in total. The van der Waals surface area contributed by atoms with Gasteiger partial charge < -0.3 is 20.0 Å². The molecule has 8 nitrogen and oxygen atoms in total. The Balaban J connectivity index is 0.925. The lowest BCUT2D eigenvalue weighted by atomic mass is 9.44. The predicted octanol–water partition coefficient (Wildman–Crippen LogP) is 4.73. The molecule has 256 valence electrons. The highest BCUT2D eigenvalue weighted by atomic mass is 16.3. The predicted molar refractivity (Wildman–Crippen MR) is 185 cm³/mol. The van der Waals surface area contributed by atoms with Crippen molar-refractivity contribution in [2.45, 2.75) is 102 Å². The molecule has 8 rings (SSSR count). The fourth-order valence-corrected chi connectivity index (χ4v) is 12.0. The molecule has 6 aliphatic rings. The quantitative estimate of drug-likeness (QED) is 0.466. The molecule has 6 fully saturated rings. The van der Waals surface area contributed by atoms with Crippen molar-refractivity contribution in [3.63, 3.8) is 0 Å². The van der Waals surface area contributed by atoms with Crippen molar-refractivity contribution < 1.29 is 19.8 Å². The average molecular weight is 653 g/mol. The maximum Gasteiger partial charge on any atom is 0.273 e. The van der Waals surface area contributed by atoms with Crippen molar-refractivity contribution in [3.05, 3.63) is 42.1 Å². The van der Waals surface area contributed by atoms with Crippen LogP contribution in [0.1, 0.15) is 88.5 Å². The molecule has 2 aliphatic heterocycles. The zero-order valence-electron chi connectivity index (χ0n) is 28.7. The Morgan fingerprint density at radius 3 is 2.50 bits per heavy atom. The number of likely N-dealkylation sites (tertiary alicyclic amines) is 1. The van der Waals surface area contributed by atoms with Gasteiger partial charge in [0.05, 0.1) is 11.6 Å². The molecule has 2 saturated heterocycles. The molecule has 0 unspecified atom stereocenters. The topological polar surface area (TPSA) is 97.2 Å². The molecule has 3 heterocycles.